The second-order valence-corrected chi connectivity index (χ2v) is 5.92. The number of aromatic amines is 1. The summed E-state index contributed by atoms with van der Waals surface area (Å²) in [5.74, 6) is -1.64. The predicted molar refractivity (Wildman–Crippen MR) is 69.8 cm³/mol. The van der Waals surface area contributed by atoms with Gasteiger partial charge in [-0.05, 0) is 0 Å². The van der Waals surface area contributed by atoms with Crippen molar-refractivity contribution in [3.8, 4) is 0 Å². The minimum Gasteiger partial charge on any atom is -0.388 e. The van der Waals surface area contributed by atoms with E-state index in [4.69, 9.17) is 19.3 Å². The predicted octanol–water partition coefficient (Wildman–Crippen LogP) is -1.73. The molecule has 1 saturated heterocycles. The Kier molecular flexibility index (Phi) is 4.68. The Morgan fingerprint density at radius 3 is 2.77 bits per heavy atom. The van der Waals surface area contributed by atoms with Gasteiger partial charge in [0, 0.05) is 25.8 Å². The quantitative estimate of drug-likeness (QED) is 0.457. The molecule has 1 aliphatic heterocycles. The van der Waals surface area contributed by atoms with Gasteiger partial charge in [-0.1, -0.05) is 0 Å². The highest BCUT2D eigenvalue weighted by Crippen LogP contribution is 2.42. The second-order valence-electron chi connectivity index (χ2n) is 4.68. The SMILES string of the molecule is CO[C@@]1(COP(=O)(O)O)C[C@@H](O)[C@H](n2ccc(=O)[nH]c2=O)O1. The van der Waals surface area contributed by atoms with Crippen molar-refractivity contribution in [1.82, 2.24) is 9.55 Å². The smallest absolute Gasteiger partial charge is 0.388 e. The Morgan fingerprint density at radius 2 is 2.23 bits per heavy atom. The summed E-state index contributed by atoms with van der Waals surface area (Å²) >= 11 is 0. The zero-order valence-corrected chi connectivity index (χ0v) is 12.3. The van der Waals surface area contributed by atoms with Crippen LogP contribution in [0.1, 0.15) is 12.6 Å². The first-order valence-corrected chi connectivity index (χ1v) is 7.61. The minimum absolute atomic E-state index is 0.195. The number of aliphatic hydroxyl groups excluding tert-OH is 1. The molecule has 1 aromatic heterocycles. The average Bonchev–Trinajstić information content (AvgIpc) is 2.74. The molecule has 1 fully saturated rings. The highest BCUT2D eigenvalue weighted by Gasteiger charge is 2.49. The number of ether oxygens (including phenoxy) is 2. The molecule has 1 aromatic rings. The first kappa shape index (κ1) is 17.0. The lowest BCUT2D eigenvalue weighted by molar-refractivity contribution is -0.241. The summed E-state index contributed by atoms with van der Waals surface area (Å²) in [5.41, 5.74) is -1.42. The van der Waals surface area contributed by atoms with E-state index in [1.807, 2.05) is 4.98 Å². The van der Waals surface area contributed by atoms with Crippen LogP contribution < -0.4 is 11.2 Å². The molecule has 2 rings (SSSR count). The van der Waals surface area contributed by atoms with Crippen molar-refractivity contribution in [2.24, 2.45) is 0 Å². The van der Waals surface area contributed by atoms with E-state index in [1.54, 1.807) is 0 Å². The Morgan fingerprint density at radius 1 is 1.55 bits per heavy atom. The zero-order valence-electron chi connectivity index (χ0n) is 11.4. The van der Waals surface area contributed by atoms with E-state index in [-0.39, 0.29) is 6.42 Å². The first-order valence-electron chi connectivity index (χ1n) is 6.08. The van der Waals surface area contributed by atoms with E-state index in [0.717, 1.165) is 16.8 Å². The van der Waals surface area contributed by atoms with Gasteiger partial charge in [0.1, 0.15) is 12.7 Å². The maximum atomic E-state index is 11.7. The van der Waals surface area contributed by atoms with Gasteiger partial charge in [-0.25, -0.2) is 9.36 Å². The molecule has 0 radical (unpaired) electrons. The first-order chi connectivity index (χ1) is 10.2. The van der Waals surface area contributed by atoms with Gasteiger partial charge in [-0.3, -0.25) is 18.9 Å². The number of aliphatic hydroxyl groups is 1. The Labute approximate surface area is 123 Å². The van der Waals surface area contributed by atoms with E-state index in [9.17, 15) is 19.3 Å². The van der Waals surface area contributed by atoms with Crippen LogP contribution >= 0.6 is 7.82 Å². The normalized spacial score (nSPS) is 28.9. The van der Waals surface area contributed by atoms with Crippen LogP contribution in [-0.2, 0) is 18.6 Å². The summed E-state index contributed by atoms with van der Waals surface area (Å²) in [6, 6.07) is 1.07. The fraction of sp³-hybridized carbons (Fsp3) is 0.600. The van der Waals surface area contributed by atoms with Gasteiger partial charge in [0.05, 0.1) is 0 Å². The van der Waals surface area contributed by atoms with Crippen LogP contribution in [0.5, 0.6) is 0 Å². The van der Waals surface area contributed by atoms with Crippen LogP contribution in [0, 0.1) is 0 Å². The molecule has 0 spiro atoms. The third kappa shape index (κ3) is 3.70. The Balaban J connectivity index is 2.24. The van der Waals surface area contributed by atoms with E-state index in [1.165, 1.54) is 7.11 Å². The van der Waals surface area contributed by atoms with Gasteiger partial charge in [-0.2, -0.15) is 0 Å². The van der Waals surface area contributed by atoms with Gasteiger partial charge >= 0.3 is 13.5 Å². The number of H-pyrrole nitrogens is 1. The lowest BCUT2D eigenvalue weighted by Crippen LogP contribution is -2.38. The topological polar surface area (TPSA) is 160 Å². The van der Waals surface area contributed by atoms with Crippen molar-refractivity contribution < 1.29 is 33.5 Å². The lowest BCUT2D eigenvalue weighted by atomic mass is 10.1. The number of hydrogen-bond donors (Lipinski definition) is 4. The van der Waals surface area contributed by atoms with Crippen LogP contribution in [0.15, 0.2) is 21.9 Å². The number of nitrogens with zero attached hydrogens (tertiary/aromatic N) is 1. The van der Waals surface area contributed by atoms with Crippen molar-refractivity contribution in [2.75, 3.05) is 13.7 Å². The minimum atomic E-state index is -4.76. The molecule has 0 amide bonds. The molecule has 2 heterocycles. The molecule has 0 bridgehead atoms. The van der Waals surface area contributed by atoms with Crippen molar-refractivity contribution in [3.63, 3.8) is 0 Å². The average molecular weight is 338 g/mol. The van der Waals surface area contributed by atoms with E-state index >= 15 is 0 Å². The number of methoxy groups -OCH3 is 1. The fourth-order valence-corrected chi connectivity index (χ4v) is 2.47. The third-order valence-electron chi connectivity index (χ3n) is 3.13. The number of aromatic nitrogens is 2. The van der Waals surface area contributed by atoms with Crippen LogP contribution in [0.25, 0.3) is 0 Å². The van der Waals surface area contributed by atoms with Crippen LogP contribution in [0.2, 0.25) is 0 Å². The number of rotatable bonds is 5. The molecular formula is C10H15N2O9P. The number of phosphoric acid groups is 1. The van der Waals surface area contributed by atoms with Gasteiger partial charge < -0.3 is 24.4 Å². The monoisotopic (exact) mass is 338 g/mol. The molecule has 0 unspecified atom stereocenters. The number of hydrogen-bond acceptors (Lipinski definition) is 7. The lowest BCUT2D eigenvalue weighted by Gasteiger charge is -2.27. The summed E-state index contributed by atoms with van der Waals surface area (Å²) in [6.45, 7) is -0.653. The van der Waals surface area contributed by atoms with Gasteiger partial charge in [0.2, 0.25) is 0 Å². The van der Waals surface area contributed by atoms with Crippen LogP contribution in [0.3, 0.4) is 0 Å². The van der Waals surface area contributed by atoms with E-state index in [0.29, 0.717) is 0 Å². The molecule has 12 heteroatoms. The summed E-state index contributed by atoms with van der Waals surface area (Å²) in [6.07, 6.45) is -1.49. The standard InChI is InChI=1S/C10H15N2O9P/c1-19-10(5-20-22(16,17)18)4-6(13)8(21-10)12-3-2-7(14)11-9(12)15/h2-3,6,8,13H,4-5H2,1H3,(H,11,14,15)(H2,16,17,18)/t6-,8-,10+/m1/s1. The zero-order chi connectivity index (χ0) is 16.5. The maximum absolute atomic E-state index is 11.7. The molecule has 0 aliphatic carbocycles. The number of nitrogens with one attached hydrogen (secondary N) is 1. The van der Waals surface area contributed by atoms with Crippen LogP contribution in [-0.4, -0.2) is 50.1 Å². The highest BCUT2D eigenvalue weighted by molar-refractivity contribution is 7.46. The molecular weight excluding hydrogens is 323 g/mol. The fourth-order valence-electron chi connectivity index (χ4n) is 2.10. The molecule has 22 heavy (non-hydrogen) atoms. The van der Waals surface area contributed by atoms with E-state index in [2.05, 4.69) is 4.52 Å². The van der Waals surface area contributed by atoms with Crippen molar-refractivity contribution in [3.05, 3.63) is 33.1 Å². The van der Waals surface area contributed by atoms with Crippen molar-refractivity contribution in [2.45, 2.75) is 24.5 Å². The summed E-state index contributed by atoms with van der Waals surface area (Å²) < 4.78 is 26.5. The molecule has 4 N–H and O–H groups in total. The largest absolute Gasteiger partial charge is 0.469 e. The van der Waals surface area contributed by atoms with E-state index < -0.39 is 43.8 Å². The molecule has 1 aliphatic rings. The summed E-state index contributed by atoms with van der Waals surface area (Å²) in [4.78, 5) is 42.2. The van der Waals surface area contributed by atoms with Gasteiger partial charge in [0.25, 0.3) is 5.56 Å². The van der Waals surface area contributed by atoms with Crippen LogP contribution in [0.4, 0.5) is 0 Å². The number of phosphoric ester groups is 1. The molecule has 3 atom stereocenters. The second kappa shape index (κ2) is 6.05. The molecule has 11 nitrogen and oxygen atoms in total. The maximum Gasteiger partial charge on any atom is 0.469 e. The van der Waals surface area contributed by atoms with Gasteiger partial charge in [0.15, 0.2) is 12.0 Å². The summed E-state index contributed by atoms with van der Waals surface area (Å²) in [7, 11) is -3.56. The Hall–Kier alpha value is -1.33. The summed E-state index contributed by atoms with van der Waals surface area (Å²) in [5, 5.41) is 10.0. The third-order valence-corrected chi connectivity index (χ3v) is 3.60. The highest BCUT2D eigenvalue weighted by atomic mass is 31.2. The van der Waals surface area contributed by atoms with Crippen molar-refractivity contribution in [1.29, 1.82) is 0 Å². The van der Waals surface area contributed by atoms with Gasteiger partial charge in [-0.15, -0.1) is 0 Å². The molecule has 0 saturated carbocycles. The molecule has 0 aromatic carbocycles. The van der Waals surface area contributed by atoms with Crippen molar-refractivity contribution >= 4 is 7.82 Å². The Bertz CT molecular complexity index is 694. The molecule has 124 valence electrons.